The molecule has 0 heterocycles. The van der Waals surface area contributed by atoms with Crippen LogP contribution in [-0.2, 0) is 0 Å². The Morgan fingerprint density at radius 3 is 2.83 bits per heavy atom. The molecule has 1 saturated carbocycles. The van der Waals surface area contributed by atoms with Gasteiger partial charge in [-0.1, -0.05) is 25.5 Å². The number of benzene rings is 1. The standard InChI is InChI=1S/C15H18INO/c1-2-11-7-8-12(10-17)15(9-11)18-14-6-4-3-5-13(14)16/h3-6,11-12,15H,2,7-9H2,1H3. The van der Waals surface area contributed by atoms with Gasteiger partial charge in [0.1, 0.15) is 11.9 Å². The monoisotopic (exact) mass is 355 g/mol. The summed E-state index contributed by atoms with van der Waals surface area (Å²) in [6.45, 7) is 2.22. The lowest BCUT2D eigenvalue weighted by atomic mass is 9.79. The van der Waals surface area contributed by atoms with Crippen LogP contribution in [0.1, 0.15) is 32.6 Å². The van der Waals surface area contributed by atoms with E-state index in [4.69, 9.17) is 4.74 Å². The van der Waals surface area contributed by atoms with Crippen molar-refractivity contribution in [1.82, 2.24) is 0 Å². The average Bonchev–Trinajstić information content (AvgIpc) is 2.41. The molecule has 0 amide bonds. The third kappa shape index (κ3) is 3.17. The van der Waals surface area contributed by atoms with E-state index >= 15 is 0 Å². The molecular formula is C15H18INO. The Balaban J connectivity index is 2.10. The number of hydrogen-bond donors (Lipinski definition) is 0. The highest BCUT2D eigenvalue weighted by molar-refractivity contribution is 14.1. The van der Waals surface area contributed by atoms with Crippen molar-refractivity contribution in [2.75, 3.05) is 0 Å². The van der Waals surface area contributed by atoms with Gasteiger partial charge in [0.15, 0.2) is 0 Å². The fourth-order valence-electron chi connectivity index (χ4n) is 2.56. The maximum Gasteiger partial charge on any atom is 0.133 e. The summed E-state index contributed by atoms with van der Waals surface area (Å²) in [5.74, 6) is 1.67. The average molecular weight is 355 g/mol. The van der Waals surface area contributed by atoms with Gasteiger partial charge in [-0.05, 0) is 59.9 Å². The number of para-hydroxylation sites is 1. The smallest absolute Gasteiger partial charge is 0.133 e. The van der Waals surface area contributed by atoms with Crippen LogP contribution < -0.4 is 4.74 Å². The molecule has 1 aliphatic carbocycles. The van der Waals surface area contributed by atoms with Gasteiger partial charge in [-0.15, -0.1) is 0 Å². The molecule has 0 aromatic heterocycles. The first-order valence-corrected chi connectivity index (χ1v) is 7.63. The van der Waals surface area contributed by atoms with E-state index in [1.165, 1.54) is 12.8 Å². The fraction of sp³-hybridized carbons (Fsp3) is 0.533. The maximum atomic E-state index is 9.24. The number of rotatable bonds is 3. The highest BCUT2D eigenvalue weighted by atomic mass is 127. The van der Waals surface area contributed by atoms with Gasteiger partial charge in [0.25, 0.3) is 0 Å². The second-order valence-corrected chi connectivity index (χ2v) is 6.07. The van der Waals surface area contributed by atoms with Gasteiger partial charge < -0.3 is 4.74 Å². The van der Waals surface area contributed by atoms with Crippen molar-refractivity contribution in [2.45, 2.75) is 38.7 Å². The zero-order chi connectivity index (χ0) is 13.0. The summed E-state index contributed by atoms with van der Waals surface area (Å²) in [6, 6.07) is 10.4. The number of nitriles is 1. The molecule has 3 heteroatoms. The molecular weight excluding hydrogens is 337 g/mol. The maximum absolute atomic E-state index is 9.24. The SMILES string of the molecule is CCC1CCC(C#N)C(Oc2ccccc2I)C1. The first kappa shape index (κ1) is 13.7. The van der Waals surface area contributed by atoms with Crippen LogP contribution in [0.3, 0.4) is 0 Å². The predicted octanol–water partition coefficient (Wildman–Crippen LogP) is 4.39. The third-order valence-corrected chi connectivity index (χ3v) is 4.65. The molecule has 18 heavy (non-hydrogen) atoms. The molecule has 0 radical (unpaired) electrons. The van der Waals surface area contributed by atoms with Crippen molar-refractivity contribution in [3.8, 4) is 11.8 Å². The quantitative estimate of drug-likeness (QED) is 0.754. The zero-order valence-corrected chi connectivity index (χ0v) is 12.8. The molecule has 0 aliphatic heterocycles. The Hall–Kier alpha value is -0.760. The van der Waals surface area contributed by atoms with Crippen LogP contribution in [0.2, 0.25) is 0 Å². The Kier molecular flexibility index (Phi) is 4.87. The van der Waals surface area contributed by atoms with Gasteiger partial charge in [-0.3, -0.25) is 0 Å². The molecule has 0 spiro atoms. The molecule has 0 bridgehead atoms. The Morgan fingerprint density at radius 2 is 2.17 bits per heavy atom. The van der Waals surface area contributed by atoms with Crippen molar-refractivity contribution in [1.29, 1.82) is 5.26 Å². The van der Waals surface area contributed by atoms with Crippen LogP contribution in [-0.4, -0.2) is 6.10 Å². The van der Waals surface area contributed by atoms with Crippen molar-refractivity contribution < 1.29 is 4.74 Å². The Bertz CT molecular complexity index is 440. The number of nitrogens with zero attached hydrogens (tertiary/aromatic N) is 1. The lowest BCUT2D eigenvalue weighted by molar-refractivity contribution is 0.0885. The van der Waals surface area contributed by atoms with Crippen molar-refractivity contribution in [3.05, 3.63) is 27.8 Å². The van der Waals surface area contributed by atoms with Crippen molar-refractivity contribution in [3.63, 3.8) is 0 Å². The topological polar surface area (TPSA) is 33.0 Å². The molecule has 1 aromatic carbocycles. The van der Waals surface area contributed by atoms with Crippen molar-refractivity contribution in [2.24, 2.45) is 11.8 Å². The van der Waals surface area contributed by atoms with E-state index in [2.05, 4.69) is 35.6 Å². The van der Waals surface area contributed by atoms with Crippen LogP contribution in [0, 0.1) is 26.7 Å². The van der Waals surface area contributed by atoms with Crippen LogP contribution in [0.5, 0.6) is 5.75 Å². The van der Waals surface area contributed by atoms with Crippen LogP contribution in [0.4, 0.5) is 0 Å². The van der Waals surface area contributed by atoms with Gasteiger partial charge in [-0.2, -0.15) is 5.26 Å². The fourth-order valence-corrected chi connectivity index (χ4v) is 3.08. The third-order valence-electron chi connectivity index (χ3n) is 3.76. The van der Waals surface area contributed by atoms with E-state index in [1.54, 1.807) is 0 Å². The van der Waals surface area contributed by atoms with E-state index in [9.17, 15) is 5.26 Å². The van der Waals surface area contributed by atoms with Gasteiger partial charge in [-0.25, -0.2) is 0 Å². The Labute approximate surface area is 122 Å². The predicted molar refractivity (Wildman–Crippen MR) is 80.3 cm³/mol. The number of hydrogen-bond acceptors (Lipinski definition) is 2. The van der Waals surface area contributed by atoms with Crippen molar-refractivity contribution >= 4 is 22.6 Å². The first-order chi connectivity index (χ1) is 8.74. The summed E-state index contributed by atoms with van der Waals surface area (Å²) in [7, 11) is 0. The minimum absolute atomic E-state index is 0.0452. The van der Waals surface area contributed by atoms with E-state index in [1.807, 2.05) is 24.3 Å². The van der Waals surface area contributed by atoms with Gasteiger partial charge in [0.2, 0.25) is 0 Å². The number of halogens is 1. The highest BCUT2D eigenvalue weighted by Crippen LogP contribution is 2.34. The normalized spacial score (nSPS) is 27.5. The molecule has 1 aliphatic rings. The molecule has 3 atom stereocenters. The lowest BCUT2D eigenvalue weighted by Crippen LogP contribution is -2.33. The van der Waals surface area contributed by atoms with Crippen LogP contribution >= 0.6 is 22.6 Å². The summed E-state index contributed by atoms with van der Waals surface area (Å²) >= 11 is 2.28. The molecule has 96 valence electrons. The van der Waals surface area contributed by atoms with E-state index in [0.29, 0.717) is 5.92 Å². The second kappa shape index (κ2) is 6.42. The molecule has 2 nitrogen and oxygen atoms in total. The summed E-state index contributed by atoms with van der Waals surface area (Å²) in [5, 5.41) is 9.24. The number of ether oxygens (including phenoxy) is 1. The molecule has 0 saturated heterocycles. The molecule has 1 aromatic rings. The van der Waals surface area contributed by atoms with Gasteiger partial charge >= 0.3 is 0 Å². The van der Waals surface area contributed by atoms with Gasteiger partial charge in [0.05, 0.1) is 15.6 Å². The van der Waals surface area contributed by atoms with Crippen LogP contribution in [0.15, 0.2) is 24.3 Å². The first-order valence-electron chi connectivity index (χ1n) is 6.55. The Morgan fingerprint density at radius 1 is 1.39 bits per heavy atom. The molecule has 2 rings (SSSR count). The summed E-state index contributed by atoms with van der Waals surface area (Å²) in [4.78, 5) is 0. The second-order valence-electron chi connectivity index (χ2n) is 4.91. The summed E-state index contributed by atoms with van der Waals surface area (Å²) in [5.41, 5.74) is 0. The molecule has 1 fully saturated rings. The van der Waals surface area contributed by atoms with E-state index in [-0.39, 0.29) is 12.0 Å². The van der Waals surface area contributed by atoms with E-state index < -0.39 is 0 Å². The van der Waals surface area contributed by atoms with E-state index in [0.717, 1.165) is 22.2 Å². The molecule has 0 N–H and O–H groups in total. The summed E-state index contributed by atoms with van der Waals surface area (Å²) in [6.07, 6.45) is 4.40. The zero-order valence-electron chi connectivity index (χ0n) is 10.6. The minimum Gasteiger partial charge on any atom is -0.488 e. The molecule has 3 unspecified atom stereocenters. The highest BCUT2D eigenvalue weighted by Gasteiger charge is 2.31. The minimum atomic E-state index is 0.0452. The lowest BCUT2D eigenvalue weighted by Gasteiger charge is -2.32. The summed E-state index contributed by atoms with van der Waals surface area (Å²) < 4.78 is 7.21. The van der Waals surface area contributed by atoms with Gasteiger partial charge in [0, 0.05) is 0 Å². The largest absolute Gasteiger partial charge is 0.488 e. The van der Waals surface area contributed by atoms with Crippen LogP contribution in [0.25, 0.3) is 0 Å².